The molecule has 1 amide bonds. The van der Waals surface area contributed by atoms with E-state index in [1.165, 1.54) is 24.0 Å². The SMILES string of the molecule is CC(=O)CC1CN(C(=O)/C=C/C2=C(C)CCCC2(C)C)C1. The van der Waals surface area contributed by atoms with Crippen LogP contribution in [0.15, 0.2) is 23.3 Å². The molecule has 0 aromatic carbocycles. The Bertz CT molecular complexity index is 493. The number of ketones is 1. The smallest absolute Gasteiger partial charge is 0.246 e. The van der Waals surface area contributed by atoms with E-state index in [1.807, 2.05) is 11.0 Å². The molecule has 3 heteroatoms. The molecule has 3 nitrogen and oxygen atoms in total. The van der Waals surface area contributed by atoms with Gasteiger partial charge in [0.05, 0.1) is 0 Å². The summed E-state index contributed by atoms with van der Waals surface area (Å²) < 4.78 is 0. The average Bonchev–Trinajstić information content (AvgIpc) is 2.31. The minimum absolute atomic E-state index is 0.0801. The summed E-state index contributed by atoms with van der Waals surface area (Å²) in [6.45, 7) is 9.76. The van der Waals surface area contributed by atoms with E-state index in [9.17, 15) is 9.59 Å². The Labute approximate surface area is 128 Å². The van der Waals surface area contributed by atoms with Gasteiger partial charge in [0.2, 0.25) is 5.91 Å². The molecule has 0 saturated carbocycles. The largest absolute Gasteiger partial charge is 0.338 e. The highest BCUT2D eigenvalue weighted by Gasteiger charge is 2.31. The van der Waals surface area contributed by atoms with Crippen molar-refractivity contribution < 1.29 is 9.59 Å². The molecule has 0 radical (unpaired) electrons. The summed E-state index contributed by atoms with van der Waals surface area (Å²) in [6.07, 6.45) is 7.91. The maximum Gasteiger partial charge on any atom is 0.246 e. The summed E-state index contributed by atoms with van der Waals surface area (Å²) in [4.78, 5) is 25.0. The molecule has 21 heavy (non-hydrogen) atoms. The van der Waals surface area contributed by atoms with E-state index in [1.54, 1.807) is 13.0 Å². The van der Waals surface area contributed by atoms with Crippen LogP contribution in [-0.4, -0.2) is 29.7 Å². The van der Waals surface area contributed by atoms with E-state index in [4.69, 9.17) is 0 Å². The zero-order valence-corrected chi connectivity index (χ0v) is 13.7. The van der Waals surface area contributed by atoms with Gasteiger partial charge in [-0.25, -0.2) is 0 Å². The standard InChI is InChI=1S/C18H27NO2/c1-13-6-5-9-18(3,4)16(13)7-8-17(21)19-11-15(12-19)10-14(2)20/h7-8,15H,5-6,9-12H2,1-4H3/b8-7+. The van der Waals surface area contributed by atoms with Crippen molar-refractivity contribution in [1.29, 1.82) is 0 Å². The lowest BCUT2D eigenvalue weighted by Gasteiger charge is -2.38. The van der Waals surface area contributed by atoms with Crippen molar-refractivity contribution in [2.24, 2.45) is 11.3 Å². The molecular formula is C18H27NO2. The first-order chi connectivity index (χ1) is 9.79. The topological polar surface area (TPSA) is 37.4 Å². The van der Waals surface area contributed by atoms with Crippen LogP contribution in [0.2, 0.25) is 0 Å². The Kier molecular flexibility index (Phi) is 4.70. The number of carbonyl (C=O) groups is 2. The van der Waals surface area contributed by atoms with E-state index in [2.05, 4.69) is 20.8 Å². The zero-order valence-electron chi connectivity index (χ0n) is 13.7. The number of nitrogens with zero attached hydrogens (tertiary/aromatic N) is 1. The van der Waals surface area contributed by atoms with Crippen molar-refractivity contribution in [1.82, 2.24) is 4.90 Å². The summed E-state index contributed by atoms with van der Waals surface area (Å²) in [6, 6.07) is 0. The van der Waals surface area contributed by atoms with Crippen LogP contribution in [0, 0.1) is 11.3 Å². The van der Waals surface area contributed by atoms with Crippen LogP contribution in [0.4, 0.5) is 0 Å². The number of hydrogen-bond donors (Lipinski definition) is 0. The minimum atomic E-state index is 0.0801. The van der Waals surface area contributed by atoms with Crippen LogP contribution in [0.1, 0.15) is 53.4 Å². The summed E-state index contributed by atoms with van der Waals surface area (Å²) in [7, 11) is 0. The predicted octanol–water partition coefficient (Wildman–Crippen LogP) is 3.51. The summed E-state index contributed by atoms with van der Waals surface area (Å²) >= 11 is 0. The number of Topliss-reactive ketones (excluding diaryl/α,β-unsaturated/α-hetero) is 1. The van der Waals surface area contributed by atoms with Crippen LogP contribution in [0.5, 0.6) is 0 Å². The summed E-state index contributed by atoms with van der Waals surface area (Å²) in [5, 5.41) is 0. The van der Waals surface area contributed by atoms with Gasteiger partial charge in [0.1, 0.15) is 5.78 Å². The van der Waals surface area contributed by atoms with Gasteiger partial charge in [-0.05, 0) is 44.1 Å². The lowest BCUT2D eigenvalue weighted by molar-refractivity contribution is -0.134. The van der Waals surface area contributed by atoms with Gasteiger partial charge in [-0.1, -0.05) is 25.5 Å². The van der Waals surface area contributed by atoms with Gasteiger partial charge in [-0.3, -0.25) is 4.79 Å². The molecule has 2 aliphatic rings. The van der Waals surface area contributed by atoms with Crippen molar-refractivity contribution in [3.8, 4) is 0 Å². The monoisotopic (exact) mass is 289 g/mol. The maximum atomic E-state index is 12.1. The molecule has 0 N–H and O–H groups in total. The fourth-order valence-electron chi connectivity index (χ4n) is 3.56. The number of allylic oxidation sites excluding steroid dienone is 3. The molecule has 0 atom stereocenters. The molecule has 0 aromatic heterocycles. The minimum Gasteiger partial charge on any atom is -0.338 e. The van der Waals surface area contributed by atoms with E-state index in [0.717, 1.165) is 19.5 Å². The summed E-state index contributed by atoms with van der Waals surface area (Å²) in [5.74, 6) is 0.663. The second-order valence-electron chi connectivity index (χ2n) is 7.28. The number of likely N-dealkylation sites (tertiary alicyclic amines) is 1. The van der Waals surface area contributed by atoms with E-state index >= 15 is 0 Å². The van der Waals surface area contributed by atoms with Gasteiger partial charge in [0.15, 0.2) is 0 Å². The van der Waals surface area contributed by atoms with Crippen molar-refractivity contribution in [2.75, 3.05) is 13.1 Å². The lowest BCUT2D eigenvalue weighted by atomic mass is 9.72. The van der Waals surface area contributed by atoms with E-state index in [0.29, 0.717) is 12.3 Å². The van der Waals surface area contributed by atoms with Gasteiger partial charge in [0.25, 0.3) is 0 Å². The highest BCUT2D eigenvalue weighted by molar-refractivity contribution is 5.89. The first-order valence-electron chi connectivity index (χ1n) is 7.96. The number of amides is 1. The van der Waals surface area contributed by atoms with Crippen LogP contribution < -0.4 is 0 Å². The fourth-order valence-corrected chi connectivity index (χ4v) is 3.56. The third-order valence-electron chi connectivity index (χ3n) is 4.78. The summed E-state index contributed by atoms with van der Waals surface area (Å²) in [5.41, 5.74) is 2.90. The van der Waals surface area contributed by atoms with Crippen LogP contribution in [-0.2, 0) is 9.59 Å². The van der Waals surface area contributed by atoms with E-state index in [-0.39, 0.29) is 17.1 Å². The predicted molar refractivity (Wildman–Crippen MR) is 84.8 cm³/mol. The van der Waals surface area contributed by atoms with Gasteiger partial charge >= 0.3 is 0 Å². The molecular weight excluding hydrogens is 262 g/mol. The normalized spacial score (nSPS) is 22.6. The third-order valence-corrected chi connectivity index (χ3v) is 4.78. The van der Waals surface area contributed by atoms with Gasteiger partial charge < -0.3 is 9.69 Å². The molecule has 2 rings (SSSR count). The highest BCUT2D eigenvalue weighted by Crippen LogP contribution is 2.40. The zero-order chi connectivity index (χ0) is 15.6. The number of carbonyl (C=O) groups excluding carboxylic acids is 2. The van der Waals surface area contributed by atoms with Crippen LogP contribution in [0.3, 0.4) is 0 Å². The first-order valence-corrected chi connectivity index (χ1v) is 7.96. The van der Waals surface area contributed by atoms with Crippen LogP contribution in [0.25, 0.3) is 0 Å². The Morgan fingerprint density at radius 3 is 2.57 bits per heavy atom. The lowest BCUT2D eigenvalue weighted by Crippen LogP contribution is -2.49. The second-order valence-corrected chi connectivity index (χ2v) is 7.28. The molecule has 1 aliphatic carbocycles. The molecule has 0 aromatic rings. The van der Waals surface area contributed by atoms with Gasteiger partial charge in [-0.15, -0.1) is 0 Å². The van der Waals surface area contributed by atoms with Crippen molar-refractivity contribution in [3.63, 3.8) is 0 Å². The highest BCUT2D eigenvalue weighted by atomic mass is 16.2. The van der Waals surface area contributed by atoms with Gasteiger partial charge in [0, 0.05) is 31.5 Å². The Balaban J connectivity index is 1.93. The second kappa shape index (κ2) is 6.17. The van der Waals surface area contributed by atoms with Crippen molar-refractivity contribution in [2.45, 2.75) is 53.4 Å². The molecule has 1 saturated heterocycles. The number of rotatable bonds is 4. The Morgan fingerprint density at radius 1 is 1.33 bits per heavy atom. The quantitative estimate of drug-likeness (QED) is 0.743. The van der Waals surface area contributed by atoms with Gasteiger partial charge in [-0.2, -0.15) is 0 Å². The molecule has 0 unspecified atom stereocenters. The molecule has 0 spiro atoms. The average molecular weight is 289 g/mol. The molecule has 1 aliphatic heterocycles. The molecule has 0 bridgehead atoms. The molecule has 1 fully saturated rings. The Hall–Kier alpha value is -1.38. The van der Waals surface area contributed by atoms with Crippen molar-refractivity contribution in [3.05, 3.63) is 23.3 Å². The van der Waals surface area contributed by atoms with E-state index < -0.39 is 0 Å². The Morgan fingerprint density at radius 2 is 2.00 bits per heavy atom. The maximum absolute atomic E-state index is 12.1. The first kappa shape index (κ1) is 16.0. The van der Waals surface area contributed by atoms with Crippen LogP contribution >= 0.6 is 0 Å². The number of hydrogen-bond acceptors (Lipinski definition) is 2. The molecule has 1 heterocycles. The molecule has 116 valence electrons. The fraction of sp³-hybridized carbons (Fsp3) is 0.667. The van der Waals surface area contributed by atoms with Crippen molar-refractivity contribution >= 4 is 11.7 Å². The third kappa shape index (κ3) is 3.84.